The second-order valence-electron chi connectivity index (χ2n) is 11.5. The first kappa shape index (κ1) is 34.5. The van der Waals surface area contributed by atoms with Gasteiger partial charge in [0.05, 0.1) is 18.3 Å². The third-order valence-electron chi connectivity index (χ3n) is 7.79. The molecule has 0 saturated heterocycles. The smallest absolute Gasteiger partial charge is 0.253 e. The molecule has 1 heterocycles. The molecule has 244 valence electrons. The maximum Gasteiger partial charge on any atom is 0.253 e. The van der Waals surface area contributed by atoms with Crippen molar-refractivity contribution in [2.45, 2.75) is 65.1 Å². The first-order chi connectivity index (χ1) is 22.2. The maximum atomic E-state index is 14.1. The van der Waals surface area contributed by atoms with E-state index in [2.05, 4.69) is 33.8 Å². The van der Waals surface area contributed by atoms with E-state index in [-0.39, 0.29) is 30.0 Å². The molecule has 0 aliphatic heterocycles. The van der Waals surface area contributed by atoms with E-state index < -0.39 is 29.7 Å². The van der Waals surface area contributed by atoms with Gasteiger partial charge in [-0.3, -0.25) is 14.7 Å². The number of hydrogen-bond acceptors (Lipinski definition) is 5. The number of amides is 2. The van der Waals surface area contributed by atoms with Gasteiger partial charge in [-0.05, 0) is 78.3 Å². The van der Waals surface area contributed by atoms with Crippen LogP contribution in [-0.2, 0) is 19.4 Å². The summed E-state index contributed by atoms with van der Waals surface area (Å²) in [5.74, 6) is -2.22. The van der Waals surface area contributed by atoms with Gasteiger partial charge in [0.2, 0.25) is 0 Å². The number of carbonyl (C=O) groups excluding carboxylic acids is 2. The molecule has 2 amide bonds. The van der Waals surface area contributed by atoms with E-state index in [0.29, 0.717) is 36.3 Å². The zero-order chi connectivity index (χ0) is 33.1. The lowest BCUT2D eigenvalue weighted by Gasteiger charge is -2.26. The summed E-state index contributed by atoms with van der Waals surface area (Å²) in [5, 5.41) is 24.2. The van der Waals surface area contributed by atoms with Crippen molar-refractivity contribution in [1.82, 2.24) is 25.7 Å². The Morgan fingerprint density at radius 3 is 2.24 bits per heavy atom. The van der Waals surface area contributed by atoms with Gasteiger partial charge in [0.25, 0.3) is 11.8 Å². The van der Waals surface area contributed by atoms with Crippen molar-refractivity contribution in [3.05, 3.63) is 113 Å². The van der Waals surface area contributed by atoms with Crippen LogP contribution in [0.25, 0.3) is 11.1 Å². The number of aromatic amines is 1. The van der Waals surface area contributed by atoms with Gasteiger partial charge in [0, 0.05) is 55.1 Å². The topological polar surface area (TPSA) is 110 Å². The summed E-state index contributed by atoms with van der Waals surface area (Å²) in [5.41, 5.74) is 4.42. The van der Waals surface area contributed by atoms with Crippen molar-refractivity contribution in [3.8, 4) is 11.1 Å². The molecule has 3 aromatic carbocycles. The summed E-state index contributed by atoms with van der Waals surface area (Å²) in [6.45, 7) is 7.85. The second-order valence-corrected chi connectivity index (χ2v) is 11.5. The van der Waals surface area contributed by atoms with Crippen LogP contribution in [0, 0.1) is 11.6 Å². The highest BCUT2D eigenvalue weighted by Gasteiger charge is 2.25. The number of aliphatic hydroxyl groups excluding tert-OH is 1. The van der Waals surface area contributed by atoms with Crippen molar-refractivity contribution in [2.24, 2.45) is 0 Å². The predicted molar refractivity (Wildman–Crippen MR) is 175 cm³/mol. The second kappa shape index (κ2) is 16.8. The quantitative estimate of drug-likeness (QED) is 0.127. The summed E-state index contributed by atoms with van der Waals surface area (Å²) in [6.07, 6.45) is 4.63. The molecule has 8 nitrogen and oxygen atoms in total. The highest BCUT2D eigenvalue weighted by Crippen LogP contribution is 2.23. The molecule has 2 atom stereocenters. The fourth-order valence-corrected chi connectivity index (χ4v) is 5.48. The van der Waals surface area contributed by atoms with Crippen LogP contribution in [-0.4, -0.2) is 63.8 Å². The van der Waals surface area contributed by atoms with E-state index in [4.69, 9.17) is 0 Å². The first-order valence-electron chi connectivity index (χ1n) is 15.9. The van der Waals surface area contributed by atoms with Crippen molar-refractivity contribution >= 4 is 11.8 Å². The molecule has 0 fully saturated rings. The van der Waals surface area contributed by atoms with Crippen molar-refractivity contribution in [3.63, 3.8) is 0 Å². The number of carbonyl (C=O) groups is 2. The monoisotopic (exact) mass is 631 g/mol. The lowest BCUT2D eigenvalue weighted by molar-refractivity contribution is 0.0755. The molecule has 0 aliphatic carbocycles. The first-order valence-corrected chi connectivity index (χ1v) is 15.9. The Bertz CT molecular complexity index is 1570. The molecule has 1 aromatic heterocycles. The molecule has 4 aromatic rings. The molecule has 4 rings (SSSR count). The minimum Gasteiger partial charge on any atom is -0.390 e. The van der Waals surface area contributed by atoms with E-state index >= 15 is 0 Å². The summed E-state index contributed by atoms with van der Waals surface area (Å²) in [4.78, 5) is 29.2. The molecule has 46 heavy (non-hydrogen) atoms. The highest BCUT2D eigenvalue weighted by atomic mass is 19.1. The Morgan fingerprint density at radius 2 is 1.59 bits per heavy atom. The summed E-state index contributed by atoms with van der Waals surface area (Å²) in [7, 11) is 0. The SMILES string of the molecule is CCCN(CCC)C(=O)c1cc(C(=O)N[C@@H](Cc2cc(F)cc(F)c2)[C@H](O)CNCc2cccc(CC)c2)cc(-c2cn[nH]c2)c1. The number of halogens is 2. The number of nitrogens with one attached hydrogen (secondary N) is 3. The zero-order valence-corrected chi connectivity index (χ0v) is 26.7. The van der Waals surface area contributed by atoms with Gasteiger partial charge in [0.15, 0.2) is 0 Å². The average molecular weight is 632 g/mol. The minimum atomic E-state index is -1.10. The number of nitrogens with zero attached hydrogens (tertiary/aromatic N) is 2. The van der Waals surface area contributed by atoms with E-state index in [0.717, 1.165) is 30.9 Å². The molecule has 0 unspecified atom stereocenters. The predicted octanol–water partition coefficient (Wildman–Crippen LogP) is 5.67. The van der Waals surface area contributed by atoms with Gasteiger partial charge in [-0.15, -0.1) is 0 Å². The number of rotatable bonds is 16. The number of hydrogen-bond donors (Lipinski definition) is 4. The molecule has 4 N–H and O–H groups in total. The standard InChI is InChI=1S/C36H43F2N5O3/c1-4-10-43(11-5-2)36(46)29-17-27(30-21-40-41-22-30)16-28(18-29)35(45)42-33(15-26-13-31(37)19-32(38)14-26)34(44)23-39-20-25-9-7-8-24(6-3)12-25/h7-9,12-14,16-19,21-22,33-34,39,44H,4-6,10-11,15,20,23H2,1-3H3,(H,40,41)(H,42,45)/t33-,34+/m0/s1. The summed E-state index contributed by atoms with van der Waals surface area (Å²) < 4.78 is 28.2. The van der Waals surface area contributed by atoms with Gasteiger partial charge in [-0.2, -0.15) is 5.10 Å². The third-order valence-corrected chi connectivity index (χ3v) is 7.79. The zero-order valence-electron chi connectivity index (χ0n) is 26.7. The number of H-pyrrole nitrogens is 1. The van der Waals surface area contributed by atoms with Crippen LogP contribution in [0.1, 0.15) is 71.0 Å². The van der Waals surface area contributed by atoms with Crippen LogP contribution in [0.2, 0.25) is 0 Å². The molecule has 0 bridgehead atoms. The fraction of sp³-hybridized carbons (Fsp3) is 0.361. The fourth-order valence-electron chi connectivity index (χ4n) is 5.48. The average Bonchev–Trinajstić information content (AvgIpc) is 3.59. The Hall–Kier alpha value is -4.41. The molecule has 0 aliphatic rings. The number of benzene rings is 3. The van der Waals surface area contributed by atoms with Gasteiger partial charge in [-0.1, -0.05) is 45.0 Å². The van der Waals surface area contributed by atoms with Crippen molar-refractivity contribution in [1.29, 1.82) is 0 Å². The van der Waals surface area contributed by atoms with E-state index in [1.54, 1.807) is 35.5 Å². The molecule has 0 saturated carbocycles. The maximum absolute atomic E-state index is 14.1. The van der Waals surface area contributed by atoms with Crippen LogP contribution in [0.5, 0.6) is 0 Å². The van der Waals surface area contributed by atoms with Gasteiger partial charge < -0.3 is 20.6 Å². The normalized spacial score (nSPS) is 12.5. The van der Waals surface area contributed by atoms with Crippen LogP contribution in [0.4, 0.5) is 8.78 Å². The number of aliphatic hydroxyl groups is 1. The van der Waals surface area contributed by atoms with Crippen LogP contribution in [0.3, 0.4) is 0 Å². The molecular formula is C36H43F2N5O3. The lowest BCUT2D eigenvalue weighted by atomic mass is 9.98. The van der Waals surface area contributed by atoms with E-state index in [1.807, 2.05) is 32.0 Å². The summed E-state index contributed by atoms with van der Waals surface area (Å²) >= 11 is 0. The molecule has 0 radical (unpaired) electrons. The van der Waals surface area contributed by atoms with Gasteiger partial charge in [0.1, 0.15) is 11.6 Å². The van der Waals surface area contributed by atoms with Crippen LogP contribution >= 0.6 is 0 Å². The van der Waals surface area contributed by atoms with Crippen LogP contribution < -0.4 is 10.6 Å². The highest BCUT2D eigenvalue weighted by molar-refractivity contribution is 6.01. The minimum absolute atomic E-state index is 0.0252. The third kappa shape index (κ3) is 9.55. The number of aromatic nitrogens is 2. The van der Waals surface area contributed by atoms with E-state index in [9.17, 15) is 23.5 Å². The number of aryl methyl sites for hydroxylation is 1. The largest absolute Gasteiger partial charge is 0.390 e. The van der Waals surface area contributed by atoms with Gasteiger partial charge in [-0.25, -0.2) is 8.78 Å². The van der Waals surface area contributed by atoms with Crippen molar-refractivity contribution < 1.29 is 23.5 Å². The summed E-state index contributed by atoms with van der Waals surface area (Å²) in [6, 6.07) is 15.3. The lowest BCUT2D eigenvalue weighted by Crippen LogP contribution is -2.48. The molecular weight excluding hydrogens is 588 g/mol. The molecule has 0 spiro atoms. The van der Waals surface area contributed by atoms with E-state index in [1.165, 1.54) is 17.7 Å². The Labute approximate surface area is 269 Å². The Morgan fingerprint density at radius 1 is 0.891 bits per heavy atom. The van der Waals surface area contributed by atoms with Gasteiger partial charge >= 0.3 is 0 Å². The van der Waals surface area contributed by atoms with Crippen LogP contribution in [0.15, 0.2) is 73.1 Å². The Balaban J connectivity index is 1.60. The molecule has 10 heteroatoms. The Kier molecular flexibility index (Phi) is 12.6. The van der Waals surface area contributed by atoms with Crippen molar-refractivity contribution in [2.75, 3.05) is 19.6 Å².